The number of nitrogens with one attached hydrogen (secondary N) is 1. The minimum Gasteiger partial charge on any atom is -0.375 e. The number of amides is 1. The fourth-order valence-electron chi connectivity index (χ4n) is 1.60. The molecule has 5 heteroatoms. The van der Waals surface area contributed by atoms with Crippen molar-refractivity contribution in [2.24, 2.45) is 0 Å². The number of unbranched alkanes of at least 4 members (excludes halogenated alkanes) is 1. The van der Waals surface area contributed by atoms with Gasteiger partial charge in [-0.15, -0.1) is 0 Å². The van der Waals surface area contributed by atoms with Crippen LogP contribution in [0.3, 0.4) is 0 Å². The molecule has 0 aliphatic carbocycles. The Balaban J connectivity index is 1.94. The van der Waals surface area contributed by atoms with Gasteiger partial charge in [0, 0.05) is 12.8 Å². The average Bonchev–Trinajstić information content (AvgIpc) is 2.68. The molecule has 1 amide bonds. The lowest BCUT2D eigenvalue weighted by Gasteiger charge is -2.08. The second kappa shape index (κ2) is 5.41. The van der Waals surface area contributed by atoms with Crippen molar-refractivity contribution in [3.8, 4) is 0 Å². The molecule has 1 aliphatic rings. The van der Waals surface area contributed by atoms with Gasteiger partial charge in [-0.2, -0.15) is 0 Å². The summed E-state index contributed by atoms with van der Waals surface area (Å²) < 4.78 is 5.34. The molecule has 0 spiro atoms. The molecule has 0 saturated carbocycles. The Morgan fingerprint density at radius 1 is 1.62 bits per heavy atom. The largest absolute Gasteiger partial charge is 0.375 e. The van der Waals surface area contributed by atoms with Gasteiger partial charge in [0.1, 0.15) is 0 Å². The number of carbonyl (C=O) groups is 1. The van der Waals surface area contributed by atoms with Crippen molar-refractivity contribution in [3.63, 3.8) is 0 Å². The summed E-state index contributed by atoms with van der Waals surface area (Å²) in [6.45, 7) is 3.45. The zero-order valence-electron chi connectivity index (χ0n) is 9.41. The number of hydrogen-bond donors (Lipinski definition) is 1. The summed E-state index contributed by atoms with van der Waals surface area (Å²) in [6, 6.07) is 0. The van der Waals surface area contributed by atoms with Gasteiger partial charge in [0.05, 0.1) is 23.8 Å². The summed E-state index contributed by atoms with van der Waals surface area (Å²) in [7, 11) is 0. The Bertz CT molecular complexity index is 353. The van der Waals surface area contributed by atoms with Crippen LogP contribution in [-0.2, 0) is 22.6 Å². The summed E-state index contributed by atoms with van der Waals surface area (Å²) >= 11 is 1.53. The molecule has 0 atom stereocenters. The topological polar surface area (TPSA) is 51.2 Å². The van der Waals surface area contributed by atoms with Crippen molar-refractivity contribution < 1.29 is 9.53 Å². The summed E-state index contributed by atoms with van der Waals surface area (Å²) in [4.78, 5) is 17.1. The van der Waals surface area contributed by atoms with Gasteiger partial charge < -0.3 is 10.1 Å². The van der Waals surface area contributed by atoms with Crippen molar-refractivity contribution in [2.45, 2.75) is 39.2 Å². The predicted molar refractivity (Wildman–Crippen MR) is 63.6 cm³/mol. The van der Waals surface area contributed by atoms with Gasteiger partial charge in [0.15, 0.2) is 5.13 Å². The van der Waals surface area contributed by atoms with Crippen LogP contribution in [0.4, 0.5) is 5.13 Å². The first kappa shape index (κ1) is 11.5. The van der Waals surface area contributed by atoms with Crippen LogP contribution >= 0.6 is 11.3 Å². The van der Waals surface area contributed by atoms with Gasteiger partial charge in [-0.3, -0.25) is 4.79 Å². The summed E-state index contributed by atoms with van der Waals surface area (Å²) in [5.41, 5.74) is 1.09. The SMILES string of the molecule is CCCCC(=O)Nc1nc2c(s1)COCC2. The van der Waals surface area contributed by atoms with Crippen LogP contribution in [0.15, 0.2) is 0 Å². The van der Waals surface area contributed by atoms with Gasteiger partial charge in [0.25, 0.3) is 0 Å². The van der Waals surface area contributed by atoms with E-state index in [1.165, 1.54) is 11.3 Å². The van der Waals surface area contributed by atoms with E-state index in [-0.39, 0.29) is 5.91 Å². The Labute approximate surface area is 99.0 Å². The number of fused-ring (bicyclic) bond motifs is 1. The van der Waals surface area contributed by atoms with Crippen molar-refractivity contribution in [3.05, 3.63) is 10.6 Å². The van der Waals surface area contributed by atoms with Crippen LogP contribution in [0.1, 0.15) is 36.8 Å². The van der Waals surface area contributed by atoms with E-state index in [1.807, 2.05) is 0 Å². The lowest BCUT2D eigenvalue weighted by atomic mass is 10.2. The monoisotopic (exact) mass is 240 g/mol. The molecule has 0 saturated heterocycles. The number of nitrogens with zero attached hydrogens (tertiary/aromatic N) is 1. The smallest absolute Gasteiger partial charge is 0.226 e. The van der Waals surface area contributed by atoms with Crippen LogP contribution in [0, 0.1) is 0 Å². The molecule has 2 heterocycles. The third kappa shape index (κ3) is 2.80. The zero-order valence-corrected chi connectivity index (χ0v) is 10.2. The number of aromatic nitrogens is 1. The van der Waals surface area contributed by atoms with Crippen LogP contribution < -0.4 is 5.32 Å². The number of anilines is 1. The van der Waals surface area contributed by atoms with E-state index < -0.39 is 0 Å². The molecule has 1 aromatic rings. The highest BCUT2D eigenvalue weighted by molar-refractivity contribution is 7.15. The van der Waals surface area contributed by atoms with Gasteiger partial charge in [-0.1, -0.05) is 24.7 Å². The van der Waals surface area contributed by atoms with Crippen LogP contribution in [-0.4, -0.2) is 17.5 Å². The number of hydrogen-bond acceptors (Lipinski definition) is 4. The first-order valence-corrected chi connectivity index (χ1v) is 6.47. The zero-order chi connectivity index (χ0) is 11.4. The highest BCUT2D eigenvalue weighted by Gasteiger charge is 2.16. The molecular formula is C11H16N2O2S. The third-order valence-electron chi connectivity index (χ3n) is 2.50. The minimum atomic E-state index is 0.0638. The van der Waals surface area contributed by atoms with Crippen molar-refractivity contribution in [1.29, 1.82) is 0 Å². The van der Waals surface area contributed by atoms with Crippen molar-refractivity contribution >= 4 is 22.4 Å². The first-order chi connectivity index (χ1) is 7.79. The van der Waals surface area contributed by atoms with E-state index >= 15 is 0 Å². The first-order valence-electron chi connectivity index (χ1n) is 5.65. The van der Waals surface area contributed by atoms with Gasteiger partial charge in [-0.05, 0) is 6.42 Å². The summed E-state index contributed by atoms with van der Waals surface area (Å²) in [6.07, 6.45) is 3.41. The average molecular weight is 240 g/mol. The van der Waals surface area contributed by atoms with Crippen LogP contribution in [0.5, 0.6) is 0 Å². The lowest BCUT2D eigenvalue weighted by Crippen LogP contribution is -2.11. The van der Waals surface area contributed by atoms with E-state index in [9.17, 15) is 4.79 Å². The van der Waals surface area contributed by atoms with E-state index in [4.69, 9.17) is 4.74 Å². The second-order valence-corrected chi connectivity index (χ2v) is 4.93. The molecule has 1 aliphatic heterocycles. The molecule has 88 valence electrons. The van der Waals surface area contributed by atoms with Crippen LogP contribution in [0.2, 0.25) is 0 Å². The number of rotatable bonds is 4. The van der Waals surface area contributed by atoms with E-state index in [0.29, 0.717) is 13.0 Å². The molecule has 0 unspecified atom stereocenters. The second-order valence-electron chi connectivity index (χ2n) is 3.84. The molecule has 16 heavy (non-hydrogen) atoms. The standard InChI is InChI=1S/C11H16N2O2S/c1-2-3-4-10(14)13-11-12-8-5-6-15-7-9(8)16-11/h2-7H2,1H3,(H,12,13,14). The van der Waals surface area contributed by atoms with E-state index in [1.54, 1.807) is 0 Å². The normalized spacial score (nSPS) is 14.6. The van der Waals surface area contributed by atoms with Crippen molar-refractivity contribution in [1.82, 2.24) is 4.98 Å². The molecule has 1 aromatic heterocycles. The molecule has 0 fully saturated rings. The van der Waals surface area contributed by atoms with Gasteiger partial charge in [-0.25, -0.2) is 4.98 Å². The quantitative estimate of drug-likeness (QED) is 0.879. The minimum absolute atomic E-state index is 0.0638. The third-order valence-corrected chi connectivity index (χ3v) is 3.48. The van der Waals surface area contributed by atoms with Crippen molar-refractivity contribution in [2.75, 3.05) is 11.9 Å². The van der Waals surface area contributed by atoms with Gasteiger partial charge in [0.2, 0.25) is 5.91 Å². The Kier molecular flexibility index (Phi) is 3.90. The lowest BCUT2D eigenvalue weighted by molar-refractivity contribution is -0.116. The maximum atomic E-state index is 11.5. The Morgan fingerprint density at radius 2 is 2.50 bits per heavy atom. The predicted octanol–water partition coefficient (Wildman–Crippen LogP) is 2.34. The number of thiazole rings is 1. The molecule has 2 rings (SSSR count). The number of carbonyl (C=O) groups excluding carboxylic acids is 1. The maximum Gasteiger partial charge on any atom is 0.226 e. The summed E-state index contributed by atoms with van der Waals surface area (Å²) in [5.74, 6) is 0.0638. The summed E-state index contributed by atoms with van der Waals surface area (Å²) in [5, 5.41) is 3.57. The fourth-order valence-corrected chi connectivity index (χ4v) is 2.56. The van der Waals surface area contributed by atoms with Gasteiger partial charge >= 0.3 is 0 Å². The molecular weight excluding hydrogens is 224 g/mol. The highest BCUT2D eigenvalue weighted by Crippen LogP contribution is 2.27. The van der Waals surface area contributed by atoms with E-state index in [0.717, 1.165) is 41.6 Å². The molecule has 4 nitrogen and oxygen atoms in total. The molecule has 1 N–H and O–H groups in total. The Hall–Kier alpha value is -0.940. The number of ether oxygens (including phenoxy) is 1. The molecule has 0 bridgehead atoms. The Morgan fingerprint density at radius 3 is 3.25 bits per heavy atom. The van der Waals surface area contributed by atoms with E-state index in [2.05, 4.69) is 17.2 Å². The fraction of sp³-hybridized carbons (Fsp3) is 0.636. The highest BCUT2D eigenvalue weighted by atomic mass is 32.1. The van der Waals surface area contributed by atoms with Crippen LogP contribution in [0.25, 0.3) is 0 Å². The molecule has 0 radical (unpaired) electrons. The molecule has 0 aromatic carbocycles. The maximum absolute atomic E-state index is 11.5.